The van der Waals surface area contributed by atoms with E-state index in [9.17, 15) is 4.79 Å². The summed E-state index contributed by atoms with van der Waals surface area (Å²) >= 11 is 0. The molecule has 1 amide bonds. The minimum atomic E-state index is 0. The van der Waals surface area contributed by atoms with Gasteiger partial charge in [-0.15, -0.1) is 12.4 Å². The molecule has 3 aliphatic rings. The fourth-order valence-electron chi connectivity index (χ4n) is 3.55. The van der Waals surface area contributed by atoms with Crippen LogP contribution in [-0.2, 0) is 4.79 Å². The Morgan fingerprint density at radius 3 is 2.31 bits per heavy atom. The van der Waals surface area contributed by atoms with Gasteiger partial charge in [0.15, 0.2) is 0 Å². The van der Waals surface area contributed by atoms with Crippen LogP contribution in [0.3, 0.4) is 0 Å². The molecule has 92 valence electrons. The summed E-state index contributed by atoms with van der Waals surface area (Å²) in [5.41, 5.74) is 0. The Morgan fingerprint density at radius 2 is 1.75 bits per heavy atom. The normalized spacial score (nSPS) is 37.2. The molecule has 0 aromatic rings. The van der Waals surface area contributed by atoms with Crippen molar-refractivity contribution in [3.8, 4) is 0 Å². The summed E-state index contributed by atoms with van der Waals surface area (Å²) in [4.78, 5) is 14.6. The van der Waals surface area contributed by atoms with Gasteiger partial charge in [0.1, 0.15) is 0 Å². The summed E-state index contributed by atoms with van der Waals surface area (Å²) in [6, 6.07) is 1.19. The molecule has 3 fully saturated rings. The Balaban J connectivity index is 0.000000963. The number of nitrogens with one attached hydrogen (secondary N) is 1. The zero-order valence-corrected chi connectivity index (χ0v) is 10.5. The summed E-state index contributed by atoms with van der Waals surface area (Å²) in [6.07, 6.45) is 7.41. The largest absolute Gasteiger partial charge is 0.336 e. The first-order valence-electron chi connectivity index (χ1n) is 6.39. The van der Waals surface area contributed by atoms with E-state index in [1.165, 1.54) is 32.1 Å². The molecule has 3 unspecified atom stereocenters. The quantitative estimate of drug-likeness (QED) is 0.759. The van der Waals surface area contributed by atoms with Crippen LogP contribution >= 0.6 is 12.4 Å². The highest BCUT2D eigenvalue weighted by Gasteiger charge is 2.41. The zero-order chi connectivity index (χ0) is 10.3. The second kappa shape index (κ2) is 4.92. The van der Waals surface area contributed by atoms with Crippen molar-refractivity contribution in [3.05, 3.63) is 0 Å². The number of piperidine rings is 1. The summed E-state index contributed by atoms with van der Waals surface area (Å²) in [5, 5.41) is 3.29. The highest BCUT2D eigenvalue weighted by Crippen LogP contribution is 2.36. The average molecular weight is 245 g/mol. The minimum absolute atomic E-state index is 0. The van der Waals surface area contributed by atoms with Crippen molar-refractivity contribution in [1.29, 1.82) is 0 Å². The van der Waals surface area contributed by atoms with Gasteiger partial charge in [-0.25, -0.2) is 0 Å². The fraction of sp³-hybridized carbons (Fsp3) is 0.917. The number of carbonyl (C=O) groups is 1. The van der Waals surface area contributed by atoms with Gasteiger partial charge in [0, 0.05) is 18.6 Å². The third-order valence-electron chi connectivity index (χ3n) is 4.36. The van der Waals surface area contributed by atoms with E-state index in [0.717, 1.165) is 19.5 Å². The molecule has 2 bridgehead atoms. The standard InChI is InChI=1S/C12H20N2O.ClH/c15-12(9-6-7-13-8-9)14-10-2-1-3-11(14)5-4-10;/h9-11,13H,1-8H2;1H. The van der Waals surface area contributed by atoms with Crippen molar-refractivity contribution >= 4 is 18.3 Å². The van der Waals surface area contributed by atoms with Crippen molar-refractivity contribution in [2.75, 3.05) is 13.1 Å². The van der Waals surface area contributed by atoms with Gasteiger partial charge in [-0.05, 0) is 45.1 Å². The molecule has 0 aliphatic carbocycles. The van der Waals surface area contributed by atoms with E-state index in [1.807, 2.05) is 0 Å². The summed E-state index contributed by atoms with van der Waals surface area (Å²) < 4.78 is 0. The van der Waals surface area contributed by atoms with Gasteiger partial charge in [0.05, 0.1) is 5.92 Å². The number of carbonyl (C=O) groups excluding carboxylic acids is 1. The van der Waals surface area contributed by atoms with Gasteiger partial charge in [0.2, 0.25) is 5.91 Å². The second-order valence-corrected chi connectivity index (χ2v) is 5.25. The molecule has 3 aliphatic heterocycles. The van der Waals surface area contributed by atoms with Gasteiger partial charge in [0.25, 0.3) is 0 Å². The second-order valence-electron chi connectivity index (χ2n) is 5.25. The van der Waals surface area contributed by atoms with E-state index < -0.39 is 0 Å². The lowest BCUT2D eigenvalue weighted by molar-refractivity contribution is -0.139. The Kier molecular flexibility index (Phi) is 3.75. The molecule has 3 rings (SSSR count). The van der Waals surface area contributed by atoms with Gasteiger partial charge in [-0.2, -0.15) is 0 Å². The number of hydrogen-bond acceptors (Lipinski definition) is 2. The smallest absolute Gasteiger partial charge is 0.227 e. The van der Waals surface area contributed by atoms with Crippen LogP contribution in [0.25, 0.3) is 0 Å². The first kappa shape index (κ1) is 12.2. The van der Waals surface area contributed by atoms with Crippen molar-refractivity contribution in [2.45, 2.75) is 50.6 Å². The first-order chi connectivity index (χ1) is 7.36. The van der Waals surface area contributed by atoms with Crippen LogP contribution in [0.1, 0.15) is 38.5 Å². The lowest BCUT2D eigenvalue weighted by Gasteiger charge is -2.36. The number of halogens is 1. The molecule has 0 spiro atoms. The van der Waals surface area contributed by atoms with Crippen LogP contribution in [0.15, 0.2) is 0 Å². The molecular formula is C12H21ClN2O. The molecule has 0 saturated carbocycles. The highest BCUT2D eigenvalue weighted by molar-refractivity contribution is 5.85. The van der Waals surface area contributed by atoms with Gasteiger partial charge in [-0.3, -0.25) is 4.79 Å². The van der Waals surface area contributed by atoms with E-state index >= 15 is 0 Å². The number of fused-ring (bicyclic) bond motifs is 2. The van der Waals surface area contributed by atoms with E-state index in [4.69, 9.17) is 0 Å². The molecule has 3 heterocycles. The van der Waals surface area contributed by atoms with Crippen molar-refractivity contribution in [3.63, 3.8) is 0 Å². The zero-order valence-electron chi connectivity index (χ0n) is 9.65. The molecule has 3 saturated heterocycles. The fourth-order valence-corrected chi connectivity index (χ4v) is 3.55. The number of rotatable bonds is 1. The highest BCUT2D eigenvalue weighted by atomic mass is 35.5. The molecule has 16 heavy (non-hydrogen) atoms. The SMILES string of the molecule is Cl.O=C(C1CCNC1)N1C2CCCC1CC2. The topological polar surface area (TPSA) is 32.3 Å². The van der Waals surface area contributed by atoms with E-state index in [-0.39, 0.29) is 18.3 Å². The Morgan fingerprint density at radius 1 is 1.06 bits per heavy atom. The molecule has 4 heteroatoms. The van der Waals surface area contributed by atoms with Crippen LogP contribution in [0.5, 0.6) is 0 Å². The molecular weight excluding hydrogens is 224 g/mol. The average Bonchev–Trinajstić information content (AvgIpc) is 2.85. The van der Waals surface area contributed by atoms with E-state index in [0.29, 0.717) is 18.0 Å². The third-order valence-corrected chi connectivity index (χ3v) is 4.36. The maximum Gasteiger partial charge on any atom is 0.227 e. The number of amides is 1. The maximum atomic E-state index is 12.3. The molecule has 0 radical (unpaired) electrons. The Labute approximate surface area is 103 Å². The summed E-state index contributed by atoms with van der Waals surface area (Å²) in [7, 11) is 0. The van der Waals surface area contributed by atoms with Crippen molar-refractivity contribution in [1.82, 2.24) is 10.2 Å². The van der Waals surface area contributed by atoms with E-state index in [2.05, 4.69) is 10.2 Å². The maximum absolute atomic E-state index is 12.3. The molecule has 0 aromatic carbocycles. The van der Waals surface area contributed by atoms with Crippen LogP contribution in [-0.4, -0.2) is 36.0 Å². The molecule has 1 N–H and O–H groups in total. The molecule has 3 nitrogen and oxygen atoms in total. The van der Waals surface area contributed by atoms with Crippen LogP contribution < -0.4 is 5.32 Å². The van der Waals surface area contributed by atoms with Crippen molar-refractivity contribution < 1.29 is 4.79 Å². The van der Waals surface area contributed by atoms with Crippen LogP contribution in [0.2, 0.25) is 0 Å². The summed E-state index contributed by atoms with van der Waals surface area (Å²) in [6.45, 7) is 1.94. The predicted octanol–water partition coefficient (Wildman–Crippen LogP) is 1.56. The van der Waals surface area contributed by atoms with Gasteiger partial charge in [-0.1, -0.05) is 0 Å². The molecule has 3 atom stereocenters. The van der Waals surface area contributed by atoms with Crippen molar-refractivity contribution in [2.24, 2.45) is 5.92 Å². The Bertz CT molecular complexity index is 250. The lowest BCUT2D eigenvalue weighted by atomic mass is 9.99. The number of hydrogen-bond donors (Lipinski definition) is 1. The predicted molar refractivity (Wildman–Crippen MR) is 65.7 cm³/mol. The van der Waals surface area contributed by atoms with Gasteiger partial charge >= 0.3 is 0 Å². The van der Waals surface area contributed by atoms with Crippen LogP contribution in [0.4, 0.5) is 0 Å². The third kappa shape index (κ3) is 1.95. The lowest BCUT2D eigenvalue weighted by Crippen LogP contribution is -2.47. The minimum Gasteiger partial charge on any atom is -0.336 e. The molecule has 0 aromatic heterocycles. The monoisotopic (exact) mass is 244 g/mol. The summed E-state index contributed by atoms with van der Waals surface area (Å²) in [5.74, 6) is 0.735. The van der Waals surface area contributed by atoms with Crippen LogP contribution in [0, 0.1) is 5.92 Å². The van der Waals surface area contributed by atoms with E-state index in [1.54, 1.807) is 0 Å². The number of nitrogens with zero attached hydrogens (tertiary/aromatic N) is 1. The first-order valence-corrected chi connectivity index (χ1v) is 6.39. The van der Waals surface area contributed by atoms with Gasteiger partial charge < -0.3 is 10.2 Å². The Hall–Kier alpha value is -0.280.